The topological polar surface area (TPSA) is 64.7 Å². The number of halogens is 2. The number of methoxy groups -OCH3 is 2. The van der Waals surface area contributed by atoms with Crippen molar-refractivity contribution >= 4 is 23.2 Å². The summed E-state index contributed by atoms with van der Waals surface area (Å²) in [6.45, 7) is -0.297. The Morgan fingerprint density at radius 3 is 2.32 bits per heavy atom. The lowest BCUT2D eigenvalue weighted by Crippen LogP contribution is -1.96. The molecule has 0 aliphatic rings. The third-order valence-electron chi connectivity index (χ3n) is 3.79. The number of aliphatic hydroxyl groups is 1. The maximum Gasteiger partial charge on any atom is 0.174 e. The van der Waals surface area contributed by atoms with Crippen molar-refractivity contribution in [2.45, 2.75) is 6.61 Å². The molecule has 5 nitrogen and oxygen atoms in total. The van der Waals surface area contributed by atoms with Gasteiger partial charge < -0.3 is 19.1 Å². The third kappa shape index (κ3) is 3.18. The number of hydrogen-bond donors (Lipinski definition) is 1. The molecule has 0 spiro atoms. The van der Waals surface area contributed by atoms with Gasteiger partial charge in [0.1, 0.15) is 17.2 Å². The Kier molecular flexibility index (Phi) is 5.18. The molecule has 0 bridgehead atoms. The first-order chi connectivity index (χ1) is 12.1. The molecule has 1 aromatic heterocycles. The van der Waals surface area contributed by atoms with Gasteiger partial charge in [-0.15, -0.1) is 0 Å². The summed E-state index contributed by atoms with van der Waals surface area (Å²) >= 11 is 12.2. The Morgan fingerprint density at radius 1 is 1.08 bits per heavy atom. The summed E-state index contributed by atoms with van der Waals surface area (Å²) in [6, 6.07) is 10.4. The van der Waals surface area contributed by atoms with Crippen LogP contribution < -0.4 is 9.47 Å². The Labute approximate surface area is 154 Å². The van der Waals surface area contributed by atoms with Crippen molar-refractivity contribution in [3.8, 4) is 34.1 Å². The molecule has 0 saturated heterocycles. The summed E-state index contributed by atoms with van der Waals surface area (Å²) in [4.78, 5) is 0. The first kappa shape index (κ1) is 17.6. The molecule has 0 unspecified atom stereocenters. The van der Waals surface area contributed by atoms with E-state index in [2.05, 4.69) is 5.16 Å². The molecule has 0 fully saturated rings. The number of aromatic nitrogens is 1. The van der Waals surface area contributed by atoms with Crippen LogP contribution in [0.15, 0.2) is 40.9 Å². The molecule has 1 heterocycles. The average molecular weight is 380 g/mol. The summed E-state index contributed by atoms with van der Waals surface area (Å²) in [7, 11) is 3.10. The average Bonchev–Trinajstić information content (AvgIpc) is 3.04. The van der Waals surface area contributed by atoms with Gasteiger partial charge in [-0.2, -0.15) is 0 Å². The van der Waals surface area contributed by atoms with E-state index in [4.69, 9.17) is 37.2 Å². The molecule has 0 atom stereocenters. The van der Waals surface area contributed by atoms with Gasteiger partial charge in [-0.05, 0) is 30.3 Å². The lowest BCUT2D eigenvalue weighted by molar-refractivity contribution is 0.281. The summed E-state index contributed by atoms with van der Waals surface area (Å²) in [6.07, 6.45) is 0. The fraction of sp³-hybridized carbons (Fsp3) is 0.167. The van der Waals surface area contributed by atoms with Crippen LogP contribution in [0.5, 0.6) is 11.5 Å². The molecule has 0 radical (unpaired) electrons. The van der Waals surface area contributed by atoms with Gasteiger partial charge in [0, 0.05) is 10.6 Å². The zero-order valence-electron chi connectivity index (χ0n) is 13.5. The quantitative estimate of drug-likeness (QED) is 0.687. The van der Waals surface area contributed by atoms with E-state index in [0.29, 0.717) is 49.7 Å². The Bertz CT molecular complexity index is 886. The summed E-state index contributed by atoms with van der Waals surface area (Å²) in [5, 5.41) is 15.0. The predicted octanol–water partition coefficient (Wildman–Crippen LogP) is 4.82. The van der Waals surface area contributed by atoms with Crippen molar-refractivity contribution in [2.24, 2.45) is 0 Å². The molecule has 3 rings (SSSR count). The second-order valence-corrected chi connectivity index (χ2v) is 6.00. The fourth-order valence-corrected chi connectivity index (χ4v) is 3.12. The molecular weight excluding hydrogens is 365 g/mol. The molecular formula is C18H15Cl2NO4. The SMILES string of the molecule is COc1cccc(OC)c1-c1noc(-c2ccc(Cl)cc2Cl)c1CO. The molecule has 0 aliphatic carbocycles. The molecule has 3 aromatic rings. The third-order valence-corrected chi connectivity index (χ3v) is 4.33. The summed E-state index contributed by atoms with van der Waals surface area (Å²) in [5.41, 5.74) is 2.09. The number of benzene rings is 2. The number of rotatable bonds is 5. The predicted molar refractivity (Wildman–Crippen MR) is 96.4 cm³/mol. The normalized spacial score (nSPS) is 10.8. The zero-order chi connectivity index (χ0) is 18.0. The minimum Gasteiger partial charge on any atom is -0.496 e. The van der Waals surface area contributed by atoms with Crippen LogP contribution in [-0.4, -0.2) is 24.5 Å². The molecule has 0 amide bonds. The van der Waals surface area contributed by atoms with Crippen molar-refractivity contribution < 1.29 is 19.1 Å². The highest BCUT2D eigenvalue weighted by molar-refractivity contribution is 6.36. The first-order valence-corrected chi connectivity index (χ1v) is 8.12. The standard InChI is InChI=1S/C18H15Cl2NO4/c1-23-14-4-3-5-15(24-2)16(14)17-12(9-22)18(25-21-17)11-7-6-10(19)8-13(11)20/h3-8,22H,9H2,1-2H3. The van der Waals surface area contributed by atoms with Gasteiger partial charge in [0.15, 0.2) is 5.76 Å². The van der Waals surface area contributed by atoms with E-state index in [1.54, 1.807) is 50.6 Å². The second kappa shape index (κ2) is 7.35. The van der Waals surface area contributed by atoms with Crippen LogP contribution >= 0.6 is 23.2 Å². The number of ether oxygens (including phenoxy) is 2. The van der Waals surface area contributed by atoms with E-state index in [1.165, 1.54) is 0 Å². The molecule has 130 valence electrons. The lowest BCUT2D eigenvalue weighted by atomic mass is 10.0. The highest BCUT2D eigenvalue weighted by atomic mass is 35.5. The number of nitrogens with zero attached hydrogens (tertiary/aromatic N) is 1. The van der Waals surface area contributed by atoms with Crippen LogP contribution in [0.25, 0.3) is 22.6 Å². The monoisotopic (exact) mass is 379 g/mol. The molecule has 2 aromatic carbocycles. The van der Waals surface area contributed by atoms with E-state index in [1.807, 2.05) is 0 Å². The second-order valence-electron chi connectivity index (χ2n) is 5.16. The van der Waals surface area contributed by atoms with E-state index >= 15 is 0 Å². The minimum atomic E-state index is -0.297. The Morgan fingerprint density at radius 2 is 1.76 bits per heavy atom. The van der Waals surface area contributed by atoms with Crippen molar-refractivity contribution in [3.05, 3.63) is 52.0 Å². The number of aliphatic hydroxyl groups excluding tert-OH is 1. The highest BCUT2D eigenvalue weighted by Gasteiger charge is 2.25. The highest BCUT2D eigenvalue weighted by Crippen LogP contribution is 2.43. The van der Waals surface area contributed by atoms with E-state index < -0.39 is 0 Å². The van der Waals surface area contributed by atoms with Crippen LogP contribution in [0.1, 0.15) is 5.56 Å². The number of hydrogen-bond acceptors (Lipinski definition) is 5. The Balaban J connectivity index is 2.23. The largest absolute Gasteiger partial charge is 0.496 e. The Hall–Kier alpha value is -2.21. The van der Waals surface area contributed by atoms with Gasteiger partial charge in [-0.1, -0.05) is 34.4 Å². The molecule has 7 heteroatoms. The molecule has 1 N–H and O–H groups in total. The van der Waals surface area contributed by atoms with Gasteiger partial charge >= 0.3 is 0 Å². The zero-order valence-corrected chi connectivity index (χ0v) is 15.1. The van der Waals surface area contributed by atoms with Crippen LogP contribution in [-0.2, 0) is 6.61 Å². The van der Waals surface area contributed by atoms with E-state index in [9.17, 15) is 5.11 Å². The summed E-state index contributed by atoms with van der Waals surface area (Å²) in [5.74, 6) is 1.47. The van der Waals surface area contributed by atoms with Crippen LogP contribution in [0, 0.1) is 0 Å². The van der Waals surface area contributed by atoms with E-state index in [0.717, 1.165) is 0 Å². The van der Waals surface area contributed by atoms with Gasteiger partial charge in [-0.25, -0.2) is 0 Å². The fourth-order valence-electron chi connectivity index (χ4n) is 2.62. The molecule has 0 saturated carbocycles. The van der Waals surface area contributed by atoms with Crippen LogP contribution in [0.3, 0.4) is 0 Å². The van der Waals surface area contributed by atoms with E-state index in [-0.39, 0.29) is 6.61 Å². The maximum absolute atomic E-state index is 9.93. The van der Waals surface area contributed by atoms with Crippen molar-refractivity contribution in [1.82, 2.24) is 5.16 Å². The lowest BCUT2D eigenvalue weighted by Gasteiger charge is -2.11. The van der Waals surface area contributed by atoms with Crippen molar-refractivity contribution in [3.63, 3.8) is 0 Å². The van der Waals surface area contributed by atoms with Gasteiger partial charge in [0.2, 0.25) is 0 Å². The van der Waals surface area contributed by atoms with Gasteiger partial charge in [0.05, 0.1) is 37.0 Å². The first-order valence-electron chi connectivity index (χ1n) is 7.36. The van der Waals surface area contributed by atoms with Crippen LogP contribution in [0.4, 0.5) is 0 Å². The van der Waals surface area contributed by atoms with Crippen LogP contribution in [0.2, 0.25) is 10.0 Å². The van der Waals surface area contributed by atoms with Gasteiger partial charge in [-0.3, -0.25) is 0 Å². The minimum absolute atomic E-state index is 0.297. The summed E-state index contributed by atoms with van der Waals surface area (Å²) < 4.78 is 16.3. The smallest absolute Gasteiger partial charge is 0.174 e. The van der Waals surface area contributed by atoms with Crippen molar-refractivity contribution in [1.29, 1.82) is 0 Å². The molecule has 25 heavy (non-hydrogen) atoms. The van der Waals surface area contributed by atoms with Crippen molar-refractivity contribution in [2.75, 3.05) is 14.2 Å². The van der Waals surface area contributed by atoms with Gasteiger partial charge in [0.25, 0.3) is 0 Å². The maximum atomic E-state index is 9.93. The molecule has 0 aliphatic heterocycles.